The van der Waals surface area contributed by atoms with Gasteiger partial charge < -0.3 is 10.1 Å². The summed E-state index contributed by atoms with van der Waals surface area (Å²) in [6, 6.07) is 8.60. The second-order valence-electron chi connectivity index (χ2n) is 7.01. The van der Waals surface area contributed by atoms with Gasteiger partial charge in [0.1, 0.15) is 5.69 Å². The van der Waals surface area contributed by atoms with Crippen molar-refractivity contribution >= 4 is 11.6 Å². The van der Waals surface area contributed by atoms with Crippen molar-refractivity contribution in [1.29, 1.82) is 0 Å². The highest BCUT2D eigenvalue weighted by atomic mass is 16.5. The van der Waals surface area contributed by atoms with Gasteiger partial charge in [0.15, 0.2) is 0 Å². The Hall–Kier alpha value is -2.30. The van der Waals surface area contributed by atoms with Crippen LogP contribution in [0.15, 0.2) is 24.3 Å². The zero-order valence-corrected chi connectivity index (χ0v) is 14.4. The molecule has 2 aliphatic rings. The molecule has 1 aromatic heterocycles. The number of carbonyl (C=O) groups excluding carboxylic acids is 1. The smallest absolute Gasteiger partial charge is 0.236 e. The molecule has 5 heteroatoms. The average Bonchev–Trinajstić information content (AvgIpc) is 3.22. The molecule has 0 radical (unpaired) electrons. The van der Waals surface area contributed by atoms with Crippen LogP contribution in [0.3, 0.4) is 0 Å². The number of nitrogens with one attached hydrogen (secondary N) is 1. The number of fused-ring (bicyclic) bond motifs is 2. The van der Waals surface area contributed by atoms with Crippen molar-refractivity contribution < 1.29 is 9.53 Å². The molecular formula is C19H23N3O2. The molecule has 1 heterocycles. The van der Waals surface area contributed by atoms with Crippen LogP contribution < -0.4 is 10.1 Å². The molecule has 1 saturated carbocycles. The lowest BCUT2D eigenvalue weighted by molar-refractivity contribution is -0.117. The van der Waals surface area contributed by atoms with E-state index in [9.17, 15) is 4.79 Å². The summed E-state index contributed by atoms with van der Waals surface area (Å²) in [4.78, 5) is 12.9. The SMILES string of the molecule is COc1c(NC(=O)C2CC23CCCc2ccccc23)c(C)nn1C. The number of aromatic nitrogens is 2. The highest BCUT2D eigenvalue weighted by Gasteiger charge is 2.60. The number of methoxy groups -OCH3 is 1. The third-order valence-electron chi connectivity index (χ3n) is 5.63. The molecule has 0 aliphatic heterocycles. The van der Waals surface area contributed by atoms with Crippen molar-refractivity contribution in [3.05, 3.63) is 41.1 Å². The average molecular weight is 325 g/mol. The van der Waals surface area contributed by atoms with E-state index >= 15 is 0 Å². The van der Waals surface area contributed by atoms with Crippen LogP contribution in [0.4, 0.5) is 5.69 Å². The van der Waals surface area contributed by atoms with E-state index in [1.807, 2.05) is 14.0 Å². The number of anilines is 1. The van der Waals surface area contributed by atoms with Gasteiger partial charge in [0.05, 0.1) is 12.8 Å². The molecule has 2 atom stereocenters. The fourth-order valence-corrected chi connectivity index (χ4v) is 4.40. The quantitative estimate of drug-likeness (QED) is 0.944. The van der Waals surface area contributed by atoms with Crippen LogP contribution in [-0.4, -0.2) is 22.8 Å². The van der Waals surface area contributed by atoms with E-state index in [0.29, 0.717) is 11.6 Å². The van der Waals surface area contributed by atoms with Crippen molar-refractivity contribution in [3.63, 3.8) is 0 Å². The zero-order valence-electron chi connectivity index (χ0n) is 14.4. The maximum Gasteiger partial charge on any atom is 0.236 e. The first-order valence-electron chi connectivity index (χ1n) is 8.53. The van der Waals surface area contributed by atoms with Crippen LogP contribution in [0.25, 0.3) is 0 Å². The topological polar surface area (TPSA) is 56.1 Å². The van der Waals surface area contributed by atoms with Crippen molar-refractivity contribution in [3.8, 4) is 5.88 Å². The first kappa shape index (κ1) is 15.2. The Kier molecular flexibility index (Phi) is 3.41. The van der Waals surface area contributed by atoms with Crippen LogP contribution in [0.1, 0.15) is 36.1 Å². The molecule has 0 saturated heterocycles. The molecule has 1 amide bonds. The number of benzene rings is 1. The summed E-state index contributed by atoms with van der Waals surface area (Å²) in [6.07, 6.45) is 4.33. The summed E-state index contributed by atoms with van der Waals surface area (Å²) < 4.78 is 7.03. The summed E-state index contributed by atoms with van der Waals surface area (Å²) in [5.74, 6) is 0.726. The Morgan fingerprint density at radius 2 is 2.21 bits per heavy atom. The number of ether oxygens (including phenoxy) is 1. The van der Waals surface area contributed by atoms with Crippen LogP contribution in [0.5, 0.6) is 5.88 Å². The molecule has 24 heavy (non-hydrogen) atoms. The first-order chi connectivity index (χ1) is 11.6. The van der Waals surface area contributed by atoms with Crippen LogP contribution in [0, 0.1) is 12.8 Å². The predicted molar refractivity (Wildman–Crippen MR) is 92.3 cm³/mol. The maximum absolute atomic E-state index is 12.9. The molecule has 1 aromatic carbocycles. The Morgan fingerprint density at radius 3 is 3.00 bits per heavy atom. The number of hydrogen-bond acceptors (Lipinski definition) is 3. The van der Waals surface area contributed by atoms with Crippen molar-refractivity contribution in [2.75, 3.05) is 12.4 Å². The minimum atomic E-state index is 0.0439. The molecule has 126 valence electrons. The minimum Gasteiger partial charge on any atom is -0.480 e. The van der Waals surface area contributed by atoms with E-state index in [0.717, 1.165) is 31.4 Å². The van der Waals surface area contributed by atoms with Gasteiger partial charge in [0.25, 0.3) is 0 Å². The molecule has 5 nitrogen and oxygen atoms in total. The lowest BCUT2D eigenvalue weighted by Gasteiger charge is -2.26. The van der Waals surface area contributed by atoms with E-state index in [1.54, 1.807) is 11.8 Å². The third-order valence-corrected chi connectivity index (χ3v) is 5.63. The molecule has 2 aliphatic carbocycles. The second-order valence-corrected chi connectivity index (χ2v) is 7.01. The van der Waals surface area contributed by atoms with Gasteiger partial charge >= 0.3 is 0 Å². The van der Waals surface area contributed by atoms with E-state index < -0.39 is 0 Å². The van der Waals surface area contributed by atoms with Crippen LogP contribution in [-0.2, 0) is 23.7 Å². The van der Waals surface area contributed by atoms with Gasteiger partial charge in [-0.05, 0) is 43.7 Å². The highest BCUT2D eigenvalue weighted by Crippen LogP contribution is 2.60. The Bertz CT molecular complexity index is 811. The Balaban J connectivity index is 1.59. The van der Waals surface area contributed by atoms with Gasteiger partial charge in [-0.1, -0.05) is 24.3 Å². The summed E-state index contributed by atoms with van der Waals surface area (Å²) in [5.41, 5.74) is 4.31. The van der Waals surface area contributed by atoms with E-state index in [4.69, 9.17) is 4.74 Å². The van der Waals surface area contributed by atoms with E-state index in [1.165, 1.54) is 11.1 Å². The van der Waals surface area contributed by atoms with Crippen molar-refractivity contribution in [2.24, 2.45) is 13.0 Å². The molecule has 2 unspecified atom stereocenters. The molecular weight excluding hydrogens is 302 g/mol. The summed E-state index contributed by atoms with van der Waals surface area (Å²) >= 11 is 0. The highest BCUT2D eigenvalue weighted by molar-refractivity contribution is 5.97. The number of amides is 1. The van der Waals surface area contributed by atoms with E-state index in [2.05, 4.69) is 34.7 Å². The molecule has 1 spiro atoms. The van der Waals surface area contributed by atoms with Gasteiger partial charge in [-0.15, -0.1) is 0 Å². The Labute approximate surface area is 142 Å². The molecule has 1 N–H and O–H groups in total. The predicted octanol–water partition coefficient (Wildman–Crippen LogP) is 2.97. The maximum atomic E-state index is 12.9. The van der Waals surface area contributed by atoms with Gasteiger partial charge in [-0.2, -0.15) is 5.10 Å². The number of nitrogens with zero attached hydrogens (tertiary/aromatic N) is 2. The summed E-state index contributed by atoms with van der Waals surface area (Å²) in [7, 11) is 3.42. The van der Waals surface area contributed by atoms with E-state index in [-0.39, 0.29) is 17.2 Å². The molecule has 4 rings (SSSR count). The van der Waals surface area contributed by atoms with Gasteiger partial charge in [-0.3, -0.25) is 4.79 Å². The lowest BCUT2D eigenvalue weighted by Crippen LogP contribution is -2.25. The first-order valence-corrected chi connectivity index (χ1v) is 8.53. The summed E-state index contributed by atoms with van der Waals surface area (Å²) in [6.45, 7) is 1.89. The monoisotopic (exact) mass is 325 g/mol. The number of rotatable bonds is 3. The molecule has 0 bridgehead atoms. The fraction of sp³-hybridized carbons (Fsp3) is 0.474. The number of aryl methyl sites for hydroxylation is 3. The zero-order chi connectivity index (χ0) is 16.9. The molecule has 1 fully saturated rings. The number of hydrogen-bond donors (Lipinski definition) is 1. The van der Waals surface area contributed by atoms with Crippen LogP contribution in [0.2, 0.25) is 0 Å². The second kappa shape index (κ2) is 5.36. The normalized spacial score (nSPS) is 24.5. The minimum absolute atomic E-state index is 0.0439. The van der Waals surface area contributed by atoms with Gasteiger partial charge in [-0.25, -0.2) is 4.68 Å². The fourth-order valence-electron chi connectivity index (χ4n) is 4.40. The molecule has 2 aromatic rings. The van der Waals surface area contributed by atoms with Gasteiger partial charge in [0.2, 0.25) is 11.8 Å². The Morgan fingerprint density at radius 1 is 1.42 bits per heavy atom. The van der Waals surface area contributed by atoms with Crippen molar-refractivity contribution in [2.45, 2.75) is 38.0 Å². The number of carbonyl (C=O) groups is 1. The lowest BCUT2D eigenvalue weighted by atomic mass is 9.78. The summed E-state index contributed by atoms with van der Waals surface area (Å²) in [5, 5.41) is 7.40. The third kappa shape index (κ3) is 2.14. The van der Waals surface area contributed by atoms with Crippen LogP contribution >= 0.6 is 0 Å². The van der Waals surface area contributed by atoms with Gasteiger partial charge in [0, 0.05) is 18.4 Å². The largest absolute Gasteiger partial charge is 0.480 e. The van der Waals surface area contributed by atoms with Crippen molar-refractivity contribution in [1.82, 2.24) is 9.78 Å². The standard InChI is InChI=1S/C19H23N3O2/c1-12-16(18(24-3)22(2)21-12)20-17(23)15-11-19(15)10-6-8-13-7-4-5-9-14(13)19/h4-5,7,9,15H,6,8,10-11H2,1-3H3,(H,20,23).